The summed E-state index contributed by atoms with van der Waals surface area (Å²) in [5.41, 5.74) is 0.767. The van der Waals surface area contributed by atoms with E-state index in [1.54, 1.807) is 31.4 Å². The molecular weight excluding hydrogens is 216 g/mol. The van der Waals surface area contributed by atoms with Gasteiger partial charge in [-0.05, 0) is 17.7 Å². The van der Waals surface area contributed by atoms with E-state index in [-0.39, 0.29) is 16.6 Å². The van der Waals surface area contributed by atoms with E-state index in [0.29, 0.717) is 0 Å². The molecule has 78 valence electrons. The van der Waals surface area contributed by atoms with E-state index in [9.17, 15) is 4.79 Å². The number of hydrogen-bond acceptors (Lipinski definition) is 3. The van der Waals surface area contributed by atoms with Crippen molar-refractivity contribution in [3.63, 3.8) is 0 Å². The summed E-state index contributed by atoms with van der Waals surface area (Å²) >= 11 is 5.75. The van der Waals surface area contributed by atoms with Crippen molar-refractivity contribution in [2.45, 2.75) is 5.92 Å². The molecule has 0 spiro atoms. The summed E-state index contributed by atoms with van der Waals surface area (Å²) in [7, 11) is 1.57. The van der Waals surface area contributed by atoms with Crippen molar-refractivity contribution in [1.82, 2.24) is 0 Å². The molecule has 1 aromatic carbocycles. The summed E-state index contributed by atoms with van der Waals surface area (Å²) in [6.45, 7) is 0. The zero-order chi connectivity index (χ0) is 11.0. The average Bonchev–Trinajstić information content (AvgIpc) is 2.30. The van der Waals surface area contributed by atoms with Crippen molar-refractivity contribution in [2.75, 3.05) is 7.11 Å². The first kappa shape index (κ1) is 10.1. The van der Waals surface area contributed by atoms with E-state index in [1.165, 1.54) is 0 Å². The molecule has 4 heteroatoms. The molecule has 1 unspecified atom stereocenters. The number of benzene rings is 1. The van der Waals surface area contributed by atoms with Crippen molar-refractivity contribution >= 4 is 17.4 Å². The third kappa shape index (κ3) is 1.49. The molecule has 0 fully saturated rings. The number of Topliss-reactive ketones (excluding diaryl/α,β-unsaturated/α-hetero) is 1. The van der Waals surface area contributed by atoms with Crippen molar-refractivity contribution in [1.29, 1.82) is 0 Å². The lowest BCUT2D eigenvalue weighted by Gasteiger charge is -2.24. The van der Waals surface area contributed by atoms with Crippen LogP contribution in [0.1, 0.15) is 11.5 Å². The number of allylic oxidation sites excluding steroid dienone is 2. The van der Waals surface area contributed by atoms with Gasteiger partial charge in [0.15, 0.2) is 5.76 Å². The predicted molar refractivity (Wildman–Crippen MR) is 56.2 cm³/mol. The first-order chi connectivity index (χ1) is 7.15. The number of hydrogen-bond donors (Lipinski definition) is 1. The second-order valence-electron chi connectivity index (χ2n) is 3.27. The highest BCUT2D eigenvalue weighted by Crippen LogP contribution is 2.40. The van der Waals surface area contributed by atoms with Crippen LogP contribution in [0.4, 0.5) is 0 Å². The second kappa shape index (κ2) is 3.59. The summed E-state index contributed by atoms with van der Waals surface area (Å²) in [4.78, 5) is 11.3. The lowest BCUT2D eigenvalue weighted by Crippen LogP contribution is -2.26. The molecule has 3 nitrogen and oxygen atoms in total. The van der Waals surface area contributed by atoms with Gasteiger partial charge in [-0.3, -0.25) is 4.79 Å². The van der Waals surface area contributed by atoms with Crippen molar-refractivity contribution in [2.24, 2.45) is 0 Å². The molecule has 1 aromatic rings. The molecule has 0 aromatic heterocycles. The molecule has 0 heterocycles. The van der Waals surface area contributed by atoms with Gasteiger partial charge in [0.25, 0.3) is 0 Å². The Balaban J connectivity index is 2.29. The van der Waals surface area contributed by atoms with Gasteiger partial charge in [-0.15, -0.1) is 0 Å². The zero-order valence-electron chi connectivity index (χ0n) is 8.03. The Hall–Kier alpha value is -1.48. The number of ketones is 1. The van der Waals surface area contributed by atoms with E-state index < -0.39 is 5.92 Å². The highest BCUT2D eigenvalue weighted by atomic mass is 35.5. The van der Waals surface area contributed by atoms with Crippen LogP contribution in [-0.2, 0) is 4.79 Å². The standard InChI is InChI=1S/C11H9ClO3/c1-15-7-4-2-6(3-5-7)8-9(12)11(14)10(8)13/h2-5,8,14H,1H3. The third-order valence-electron chi connectivity index (χ3n) is 2.42. The molecule has 2 rings (SSSR count). The van der Waals surface area contributed by atoms with Crippen LogP contribution in [0.25, 0.3) is 0 Å². The van der Waals surface area contributed by atoms with Gasteiger partial charge in [-0.2, -0.15) is 0 Å². The lowest BCUT2D eigenvalue weighted by molar-refractivity contribution is -0.120. The molecule has 0 saturated carbocycles. The summed E-state index contributed by atoms with van der Waals surface area (Å²) in [5.74, 6) is -0.435. The fourth-order valence-electron chi connectivity index (χ4n) is 1.52. The minimum atomic E-state index is -0.502. The van der Waals surface area contributed by atoms with Gasteiger partial charge >= 0.3 is 0 Å². The van der Waals surface area contributed by atoms with Crippen LogP contribution in [-0.4, -0.2) is 18.0 Å². The van der Waals surface area contributed by atoms with Gasteiger partial charge in [-0.1, -0.05) is 23.7 Å². The SMILES string of the molecule is COc1ccc(C2C(=O)C(O)=C2Cl)cc1. The van der Waals surface area contributed by atoms with Crippen molar-refractivity contribution < 1.29 is 14.6 Å². The predicted octanol–water partition coefficient (Wildman–Crippen LogP) is 2.37. The largest absolute Gasteiger partial charge is 0.504 e. The maximum Gasteiger partial charge on any atom is 0.211 e. The molecule has 1 aliphatic carbocycles. The Morgan fingerprint density at radius 3 is 2.40 bits per heavy atom. The summed E-state index contributed by atoms with van der Waals surface area (Å²) < 4.78 is 5.00. The maximum absolute atomic E-state index is 11.3. The first-order valence-electron chi connectivity index (χ1n) is 4.42. The quantitative estimate of drug-likeness (QED) is 0.839. The lowest BCUT2D eigenvalue weighted by atomic mass is 9.84. The minimum absolute atomic E-state index is 0.213. The molecular formula is C11H9ClO3. The molecule has 0 radical (unpaired) electrons. The number of aliphatic hydroxyl groups is 1. The molecule has 0 amide bonds. The Morgan fingerprint density at radius 1 is 1.33 bits per heavy atom. The molecule has 0 saturated heterocycles. The molecule has 1 aliphatic rings. The second-order valence-corrected chi connectivity index (χ2v) is 3.67. The number of ether oxygens (including phenoxy) is 1. The van der Waals surface area contributed by atoms with E-state index in [2.05, 4.69) is 0 Å². The van der Waals surface area contributed by atoms with Gasteiger partial charge in [-0.25, -0.2) is 0 Å². The van der Waals surface area contributed by atoms with Gasteiger partial charge in [0.1, 0.15) is 5.75 Å². The van der Waals surface area contributed by atoms with Crippen molar-refractivity contribution in [3.05, 3.63) is 40.6 Å². The maximum atomic E-state index is 11.3. The topological polar surface area (TPSA) is 46.5 Å². The van der Waals surface area contributed by atoms with E-state index in [4.69, 9.17) is 21.4 Å². The number of halogens is 1. The van der Waals surface area contributed by atoms with Crippen LogP contribution < -0.4 is 4.74 Å². The van der Waals surface area contributed by atoms with Crippen molar-refractivity contribution in [3.8, 4) is 5.75 Å². The minimum Gasteiger partial charge on any atom is -0.504 e. The van der Waals surface area contributed by atoms with Crippen LogP contribution in [0, 0.1) is 0 Å². The fourth-order valence-corrected chi connectivity index (χ4v) is 1.84. The Morgan fingerprint density at radius 2 is 1.93 bits per heavy atom. The highest BCUT2D eigenvalue weighted by Gasteiger charge is 2.39. The van der Waals surface area contributed by atoms with Crippen LogP contribution >= 0.6 is 11.6 Å². The van der Waals surface area contributed by atoms with Crippen LogP contribution in [0.2, 0.25) is 0 Å². The zero-order valence-corrected chi connectivity index (χ0v) is 8.78. The van der Waals surface area contributed by atoms with Crippen LogP contribution in [0.15, 0.2) is 35.1 Å². The third-order valence-corrected chi connectivity index (χ3v) is 2.82. The van der Waals surface area contributed by atoms with E-state index >= 15 is 0 Å². The highest BCUT2D eigenvalue weighted by molar-refractivity contribution is 6.38. The number of carbonyl (C=O) groups is 1. The number of carbonyl (C=O) groups excluding carboxylic acids is 1. The Bertz CT molecular complexity index is 434. The van der Waals surface area contributed by atoms with Gasteiger partial charge in [0, 0.05) is 0 Å². The summed E-state index contributed by atoms with van der Waals surface area (Å²) in [5, 5.41) is 9.30. The molecule has 0 aliphatic heterocycles. The molecule has 1 N–H and O–H groups in total. The Labute approximate surface area is 91.9 Å². The van der Waals surface area contributed by atoms with Gasteiger partial charge in [0.05, 0.1) is 18.1 Å². The first-order valence-corrected chi connectivity index (χ1v) is 4.79. The normalized spacial score (nSPS) is 20.1. The monoisotopic (exact) mass is 224 g/mol. The number of aliphatic hydroxyl groups excluding tert-OH is 1. The van der Waals surface area contributed by atoms with E-state index in [0.717, 1.165) is 11.3 Å². The number of rotatable bonds is 2. The average molecular weight is 225 g/mol. The van der Waals surface area contributed by atoms with Crippen LogP contribution in [0.3, 0.4) is 0 Å². The number of methoxy groups -OCH3 is 1. The smallest absolute Gasteiger partial charge is 0.211 e. The van der Waals surface area contributed by atoms with Crippen LogP contribution in [0.5, 0.6) is 5.75 Å². The summed E-state index contributed by atoms with van der Waals surface area (Å²) in [6.07, 6.45) is 0. The van der Waals surface area contributed by atoms with Gasteiger partial charge in [0.2, 0.25) is 5.78 Å². The molecule has 0 bridgehead atoms. The van der Waals surface area contributed by atoms with E-state index in [1.807, 2.05) is 0 Å². The molecule has 15 heavy (non-hydrogen) atoms. The summed E-state index contributed by atoms with van der Waals surface area (Å²) in [6, 6.07) is 7.02. The Kier molecular flexibility index (Phi) is 2.40. The molecule has 1 atom stereocenters. The van der Waals surface area contributed by atoms with Gasteiger partial charge < -0.3 is 9.84 Å². The fraction of sp³-hybridized carbons (Fsp3) is 0.182.